The van der Waals surface area contributed by atoms with Crippen LogP contribution in [-0.2, 0) is 0 Å². The first kappa shape index (κ1) is 19.8. The van der Waals surface area contributed by atoms with E-state index in [1.54, 1.807) is 18.2 Å². The summed E-state index contributed by atoms with van der Waals surface area (Å²) in [5.41, 5.74) is 1.53. The Morgan fingerprint density at radius 2 is 1.80 bits per heavy atom. The summed E-state index contributed by atoms with van der Waals surface area (Å²) in [5.74, 6) is -0.581. The first-order valence-electron chi connectivity index (χ1n) is 9.80. The summed E-state index contributed by atoms with van der Waals surface area (Å²) in [6.07, 6.45) is 4.19. The molecule has 0 aliphatic heterocycles. The van der Waals surface area contributed by atoms with Crippen LogP contribution in [0.3, 0.4) is 0 Å². The Bertz CT molecular complexity index is 1060. The number of nitrogens with zero attached hydrogens (tertiary/aromatic N) is 2. The highest BCUT2D eigenvalue weighted by Gasteiger charge is 2.18. The highest BCUT2D eigenvalue weighted by Crippen LogP contribution is 2.21. The van der Waals surface area contributed by atoms with Crippen molar-refractivity contribution in [2.45, 2.75) is 31.7 Å². The molecule has 154 valence electrons. The molecule has 0 spiro atoms. The maximum atomic E-state index is 13.5. The van der Waals surface area contributed by atoms with Gasteiger partial charge in [0.2, 0.25) is 5.96 Å². The van der Waals surface area contributed by atoms with Gasteiger partial charge in [-0.3, -0.25) is 9.89 Å². The lowest BCUT2D eigenvalue weighted by atomic mass is 10.1. The molecule has 2 aromatic carbocycles. The Morgan fingerprint density at radius 3 is 2.53 bits per heavy atom. The molecule has 3 N–H and O–H groups in total. The summed E-state index contributed by atoms with van der Waals surface area (Å²) < 4.78 is 26.6. The quantitative estimate of drug-likeness (QED) is 0.438. The van der Waals surface area contributed by atoms with Gasteiger partial charge in [-0.05, 0) is 55.3 Å². The molecule has 0 unspecified atom stereocenters. The van der Waals surface area contributed by atoms with Crippen molar-refractivity contribution in [3.05, 3.63) is 71.8 Å². The minimum absolute atomic E-state index is 0.166. The number of aromatic nitrogens is 2. The van der Waals surface area contributed by atoms with Crippen molar-refractivity contribution < 1.29 is 13.6 Å². The van der Waals surface area contributed by atoms with Crippen molar-refractivity contribution in [2.24, 2.45) is 4.99 Å². The fourth-order valence-corrected chi connectivity index (χ4v) is 3.43. The Kier molecular flexibility index (Phi) is 5.83. The van der Waals surface area contributed by atoms with Crippen LogP contribution in [-0.4, -0.2) is 28.1 Å². The average Bonchev–Trinajstić information content (AvgIpc) is 3.41. The molecule has 1 aliphatic carbocycles. The molecule has 1 aliphatic rings. The number of H-pyrrole nitrogens is 1. The first-order valence-corrected chi connectivity index (χ1v) is 9.80. The number of aliphatic imine (C=N–C) groups is 1. The number of aromatic amines is 1. The van der Waals surface area contributed by atoms with Gasteiger partial charge in [-0.2, -0.15) is 10.1 Å². The highest BCUT2D eigenvalue weighted by molar-refractivity contribution is 6.06. The van der Waals surface area contributed by atoms with Crippen molar-refractivity contribution >= 4 is 17.7 Å². The SMILES string of the molecule is O=C(/N=C(\Nc1cc(-c2ccc(F)cc2)n[nH]1)NC1CCCC1)c1cccc(F)c1. The van der Waals surface area contributed by atoms with Gasteiger partial charge in [0.05, 0.1) is 5.69 Å². The minimum atomic E-state index is -0.555. The van der Waals surface area contributed by atoms with Gasteiger partial charge in [0, 0.05) is 23.2 Å². The van der Waals surface area contributed by atoms with Crippen LogP contribution in [0.5, 0.6) is 0 Å². The van der Waals surface area contributed by atoms with Gasteiger partial charge in [0.15, 0.2) is 0 Å². The number of carbonyl (C=O) groups is 1. The maximum absolute atomic E-state index is 13.5. The Balaban J connectivity index is 1.55. The van der Waals surface area contributed by atoms with E-state index in [9.17, 15) is 13.6 Å². The number of benzene rings is 2. The molecule has 1 heterocycles. The number of amides is 1. The molecule has 4 rings (SSSR count). The van der Waals surface area contributed by atoms with E-state index in [1.165, 1.54) is 30.3 Å². The minimum Gasteiger partial charge on any atom is -0.353 e. The smallest absolute Gasteiger partial charge is 0.280 e. The predicted octanol–water partition coefficient (Wildman–Crippen LogP) is 4.50. The Labute approximate surface area is 172 Å². The zero-order chi connectivity index (χ0) is 20.9. The van der Waals surface area contributed by atoms with Crippen LogP contribution in [0.25, 0.3) is 11.3 Å². The molecule has 30 heavy (non-hydrogen) atoms. The van der Waals surface area contributed by atoms with E-state index in [2.05, 4.69) is 25.8 Å². The third-order valence-corrected chi connectivity index (χ3v) is 4.95. The van der Waals surface area contributed by atoms with Crippen LogP contribution in [0.4, 0.5) is 14.6 Å². The summed E-state index contributed by atoms with van der Waals surface area (Å²) >= 11 is 0. The molecule has 0 saturated heterocycles. The largest absolute Gasteiger partial charge is 0.353 e. The Morgan fingerprint density at radius 1 is 1.03 bits per heavy atom. The van der Waals surface area contributed by atoms with Crippen LogP contribution < -0.4 is 10.6 Å². The molecule has 1 aromatic heterocycles. The second kappa shape index (κ2) is 8.86. The predicted molar refractivity (Wildman–Crippen MR) is 111 cm³/mol. The van der Waals surface area contributed by atoms with Gasteiger partial charge in [-0.15, -0.1) is 0 Å². The summed E-state index contributed by atoms with van der Waals surface area (Å²) in [7, 11) is 0. The third kappa shape index (κ3) is 4.89. The van der Waals surface area contributed by atoms with Crippen molar-refractivity contribution in [3.63, 3.8) is 0 Å². The number of hydrogen-bond donors (Lipinski definition) is 3. The monoisotopic (exact) mass is 409 g/mol. The van der Waals surface area contributed by atoms with Gasteiger partial charge in [-0.25, -0.2) is 8.78 Å². The molecular formula is C22H21F2N5O. The highest BCUT2D eigenvalue weighted by atomic mass is 19.1. The lowest BCUT2D eigenvalue weighted by molar-refractivity contribution is 0.100. The van der Waals surface area contributed by atoms with Crippen molar-refractivity contribution in [2.75, 3.05) is 5.32 Å². The molecule has 0 atom stereocenters. The van der Waals surface area contributed by atoms with Crippen LogP contribution >= 0.6 is 0 Å². The van der Waals surface area contributed by atoms with Crippen molar-refractivity contribution in [1.82, 2.24) is 15.5 Å². The summed E-state index contributed by atoms with van der Waals surface area (Å²) in [6.45, 7) is 0. The molecular weight excluding hydrogens is 388 g/mol. The zero-order valence-corrected chi connectivity index (χ0v) is 16.2. The lowest BCUT2D eigenvalue weighted by Crippen LogP contribution is -2.38. The number of hydrogen-bond acceptors (Lipinski definition) is 2. The topological polar surface area (TPSA) is 82.2 Å². The number of nitrogens with one attached hydrogen (secondary N) is 3. The fraction of sp³-hybridized carbons (Fsp3) is 0.227. The van der Waals surface area contributed by atoms with E-state index >= 15 is 0 Å². The molecule has 1 saturated carbocycles. The fourth-order valence-electron chi connectivity index (χ4n) is 3.43. The number of halogens is 2. The van der Waals surface area contributed by atoms with Crippen LogP contribution in [0.2, 0.25) is 0 Å². The number of rotatable bonds is 4. The zero-order valence-electron chi connectivity index (χ0n) is 16.2. The average molecular weight is 409 g/mol. The molecule has 1 amide bonds. The Hall–Kier alpha value is -3.55. The summed E-state index contributed by atoms with van der Waals surface area (Å²) in [5, 5.41) is 13.4. The van der Waals surface area contributed by atoms with E-state index < -0.39 is 11.7 Å². The van der Waals surface area contributed by atoms with E-state index in [-0.39, 0.29) is 23.4 Å². The normalized spacial score (nSPS) is 14.7. The van der Waals surface area contributed by atoms with Gasteiger partial charge >= 0.3 is 0 Å². The number of anilines is 1. The summed E-state index contributed by atoms with van der Waals surface area (Å²) in [6, 6.07) is 13.4. The molecule has 6 nitrogen and oxygen atoms in total. The van der Waals surface area contributed by atoms with E-state index in [0.717, 1.165) is 37.3 Å². The molecule has 0 bridgehead atoms. The van der Waals surface area contributed by atoms with Crippen LogP contribution in [0, 0.1) is 11.6 Å². The first-order chi connectivity index (χ1) is 14.6. The number of guanidine groups is 1. The van der Waals surface area contributed by atoms with Crippen LogP contribution in [0.15, 0.2) is 59.6 Å². The van der Waals surface area contributed by atoms with Gasteiger partial charge in [0.25, 0.3) is 5.91 Å². The second-order valence-electron chi connectivity index (χ2n) is 7.20. The maximum Gasteiger partial charge on any atom is 0.280 e. The van der Waals surface area contributed by atoms with Gasteiger partial charge in [0.1, 0.15) is 17.5 Å². The standard InChI is InChI=1S/C22H21F2N5O/c23-16-10-8-14(9-11-16)19-13-20(29-28-19)26-22(25-18-6-1-2-7-18)27-21(30)15-4-3-5-17(24)12-15/h3-5,8-13,18H,1-2,6-7H2,(H3,25,26,27,28,29,30). The lowest BCUT2D eigenvalue weighted by Gasteiger charge is -2.16. The third-order valence-electron chi connectivity index (χ3n) is 4.95. The van der Waals surface area contributed by atoms with E-state index in [4.69, 9.17) is 0 Å². The van der Waals surface area contributed by atoms with Gasteiger partial charge < -0.3 is 10.6 Å². The van der Waals surface area contributed by atoms with Crippen molar-refractivity contribution in [1.29, 1.82) is 0 Å². The summed E-state index contributed by atoms with van der Waals surface area (Å²) in [4.78, 5) is 16.7. The van der Waals surface area contributed by atoms with E-state index in [0.29, 0.717) is 11.5 Å². The van der Waals surface area contributed by atoms with Crippen molar-refractivity contribution in [3.8, 4) is 11.3 Å². The van der Waals surface area contributed by atoms with Gasteiger partial charge in [-0.1, -0.05) is 18.9 Å². The molecule has 0 radical (unpaired) electrons. The second-order valence-corrected chi connectivity index (χ2v) is 7.20. The van der Waals surface area contributed by atoms with E-state index in [1.807, 2.05) is 0 Å². The number of carbonyl (C=O) groups excluding carboxylic acids is 1. The van der Waals surface area contributed by atoms with Crippen LogP contribution in [0.1, 0.15) is 36.0 Å². The molecule has 8 heteroatoms. The molecule has 3 aromatic rings. The molecule has 1 fully saturated rings.